The summed E-state index contributed by atoms with van der Waals surface area (Å²) < 4.78 is 30.7. The number of para-hydroxylation sites is 1. The van der Waals surface area contributed by atoms with Crippen LogP contribution in [0.4, 0.5) is 11.4 Å². The molecule has 9 N–H and O–H groups in total. The molecule has 41 heavy (non-hydrogen) atoms. The summed E-state index contributed by atoms with van der Waals surface area (Å²) >= 11 is 0.993. The molecule has 0 aliphatic rings. The van der Waals surface area contributed by atoms with E-state index in [1.54, 1.807) is 22.2 Å². The minimum atomic E-state index is -4.08. The van der Waals surface area contributed by atoms with Crippen LogP contribution in [0.15, 0.2) is 64.9 Å². The molecule has 0 fully saturated rings. The van der Waals surface area contributed by atoms with Crippen molar-refractivity contribution in [2.45, 2.75) is 36.6 Å². The Labute approximate surface area is 241 Å². The first-order chi connectivity index (χ1) is 19.5. The van der Waals surface area contributed by atoms with Crippen LogP contribution in [0.1, 0.15) is 28.2 Å². The number of rotatable bonds is 14. The van der Waals surface area contributed by atoms with Crippen molar-refractivity contribution in [1.29, 1.82) is 0 Å². The highest BCUT2D eigenvalue weighted by Crippen LogP contribution is 2.27. The molecule has 218 valence electrons. The Hall–Kier alpha value is -4.02. The number of anilines is 2. The zero-order chi connectivity index (χ0) is 29.6. The molecule has 0 unspecified atom stereocenters. The first-order valence-corrected chi connectivity index (χ1v) is 15.0. The van der Waals surface area contributed by atoms with Gasteiger partial charge in [0.05, 0.1) is 28.3 Å². The van der Waals surface area contributed by atoms with Gasteiger partial charge in [0, 0.05) is 18.1 Å². The van der Waals surface area contributed by atoms with Crippen LogP contribution in [-0.4, -0.2) is 54.1 Å². The van der Waals surface area contributed by atoms with E-state index in [2.05, 4.69) is 25.8 Å². The van der Waals surface area contributed by atoms with Crippen LogP contribution in [0.5, 0.6) is 0 Å². The molecule has 0 saturated carbocycles. The highest BCUT2D eigenvalue weighted by atomic mass is 32.2. The summed E-state index contributed by atoms with van der Waals surface area (Å²) in [5.41, 5.74) is 13.2. The normalized spacial score (nSPS) is 12.4. The second-order valence-corrected chi connectivity index (χ2v) is 11.8. The Bertz CT molecular complexity index is 1630. The average Bonchev–Trinajstić information content (AvgIpc) is 3.52. The Balaban J connectivity index is 1.42. The number of carboxylic acids is 1. The molecule has 15 heteroatoms. The predicted octanol–water partition coefficient (Wildman–Crippen LogP) is 1.80. The van der Waals surface area contributed by atoms with Crippen LogP contribution in [0.25, 0.3) is 10.9 Å². The molecule has 1 amide bonds. The molecule has 4 rings (SSSR count). The largest absolute Gasteiger partial charge is 0.480 e. The summed E-state index contributed by atoms with van der Waals surface area (Å²) in [7, 11) is -2.21. The number of benzene rings is 2. The van der Waals surface area contributed by atoms with Gasteiger partial charge in [-0.1, -0.05) is 24.3 Å². The average molecular weight is 601 g/mol. The number of nitrogens with two attached hydrogens (primary N) is 2. The van der Waals surface area contributed by atoms with E-state index in [0.29, 0.717) is 25.2 Å². The number of carbonyl (C=O) groups excluding carboxylic acids is 1. The van der Waals surface area contributed by atoms with Gasteiger partial charge in [-0.05, 0) is 55.1 Å². The number of hydrogen-bond acceptors (Lipinski definition) is 10. The van der Waals surface area contributed by atoms with Gasteiger partial charge in [0.2, 0.25) is 0 Å². The second kappa shape index (κ2) is 13.1. The Morgan fingerprint density at radius 1 is 1.12 bits per heavy atom. The molecular weight excluding hydrogens is 568 g/mol. The van der Waals surface area contributed by atoms with E-state index in [-0.39, 0.29) is 21.9 Å². The van der Waals surface area contributed by atoms with Gasteiger partial charge >= 0.3 is 5.97 Å². The molecule has 0 bridgehead atoms. The third kappa shape index (κ3) is 7.59. The van der Waals surface area contributed by atoms with Crippen LogP contribution in [-0.2, 0) is 28.4 Å². The van der Waals surface area contributed by atoms with Gasteiger partial charge in [-0.25, -0.2) is 13.2 Å². The zero-order valence-electron chi connectivity index (χ0n) is 22.2. The molecule has 2 aromatic carbocycles. The summed E-state index contributed by atoms with van der Waals surface area (Å²) in [6, 6.07) is 14.4. The standard InChI is InChI=1S/C26H32N8O5S2/c1-34-22-10-3-2-8-18(22)21(32-34)15-30-16-6-4-7-17(14-16)41(38,39)33-19-11-13-40-23(19)24(35)31-20(25(36)37)9-5-12-29-26(27)28/h2-4,6-8,10-11,13-14,20,26,29-30,33H,5,9,12,15,27-28H2,1H3,(H,31,35)(H,36,37)/t20-/m0/s1. The van der Waals surface area contributed by atoms with Gasteiger partial charge in [-0.15, -0.1) is 11.3 Å². The maximum Gasteiger partial charge on any atom is 0.326 e. The first-order valence-electron chi connectivity index (χ1n) is 12.7. The minimum Gasteiger partial charge on any atom is -0.480 e. The van der Waals surface area contributed by atoms with Crippen molar-refractivity contribution in [3.63, 3.8) is 0 Å². The molecule has 2 heterocycles. The summed E-state index contributed by atoms with van der Waals surface area (Å²) in [6.45, 7) is 0.751. The van der Waals surface area contributed by atoms with Crippen LogP contribution in [0.2, 0.25) is 0 Å². The fourth-order valence-corrected chi connectivity index (χ4v) is 6.14. The number of sulfonamides is 1. The number of aliphatic carboxylic acids is 1. The number of aromatic nitrogens is 2. The molecule has 13 nitrogen and oxygen atoms in total. The Morgan fingerprint density at radius 2 is 1.90 bits per heavy atom. The number of carboxylic acid groups (broad SMARTS) is 1. The van der Waals surface area contributed by atoms with E-state index < -0.39 is 34.2 Å². The predicted molar refractivity (Wildman–Crippen MR) is 158 cm³/mol. The summed E-state index contributed by atoms with van der Waals surface area (Å²) in [4.78, 5) is 24.6. The molecular formula is C26H32N8O5S2. The maximum absolute atomic E-state index is 13.2. The van der Waals surface area contributed by atoms with Crippen LogP contribution >= 0.6 is 11.3 Å². The highest BCUT2D eigenvalue weighted by Gasteiger charge is 2.25. The van der Waals surface area contributed by atoms with Crippen molar-refractivity contribution in [3.05, 3.63) is 70.5 Å². The van der Waals surface area contributed by atoms with Crippen molar-refractivity contribution in [3.8, 4) is 0 Å². The highest BCUT2D eigenvalue weighted by molar-refractivity contribution is 7.92. The first kappa shape index (κ1) is 30.0. The lowest BCUT2D eigenvalue weighted by Gasteiger charge is -2.16. The third-order valence-electron chi connectivity index (χ3n) is 6.21. The molecule has 0 spiro atoms. The molecule has 1 atom stereocenters. The SMILES string of the molecule is Cn1nc(CNc2cccc(S(=O)(=O)Nc3ccsc3C(=O)N[C@@H](CCCNC(N)N)C(=O)O)c2)c2ccccc21. The van der Waals surface area contributed by atoms with Gasteiger partial charge in [-0.3, -0.25) is 19.5 Å². The monoisotopic (exact) mass is 600 g/mol. The van der Waals surface area contributed by atoms with Crippen molar-refractivity contribution in [1.82, 2.24) is 20.4 Å². The molecule has 0 aliphatic carbocycles. The lowest BCUT2D eigenvalue weighted by atomic mass is 10.1. The quantitative estimate of drug-likeness (QED) is 0.0825. The Morgan fingerprint density at radius 3 is 2.66 bits per heavy atom. The second-order valence-electron chi connectivity index (χ2n) is 9.22. The van der Waals surface area contributed by atoms with Gasteiger partial charge in [0.15, 0.2) is 0 Å². The van der Waals surface area contributed by atoms with Gasteiger partial charge in [-0.2, -0.15) is 5.10 Å². The van der Waals surface area contributed by atoms with E-state index in [4.69, 9.17) is 11.5 Å². The summed E-state index contributed by atoms with van der Waals surface area (Å²) in [5, 5.41) is 25.1. The van der Waals surface area contributed by atoms with Gasteiger partial charge in [0.1, 0.15) is 17.2 Å². The van der Waals surface area contributed by atoms with E-state index in [1.807, 2.05) is 31.3 Å². The number of nitrogens with one attached hydrogen (secondary N) is 4. The lowest BCUT2D eigenvalue weighted by molar-refractivity contribution is -0.139. The van der Waals surface area contributed by atoms with Crippen LogP contribution in [0.3, 0.4) is 0 Å². The number of nitrogens with zero attached hydrogens (tertiary/aromatic N) is 2. The minimum absolute atomic E-state index is 0.0139. The summed E-state index contributed by atoms with van der Waals surface area (Å²) in [6.07, 6.45) is -0.207. The number of hydrogen-bond donors (Lipinski definition) is 7. The lowest BCUT2D eigenvalue weighted by Crippen LogP contribution is -2.46. The van der Waals surface area contributed by atoms with Gasteiger partial charge < -0.3 is 27.2 Å². The van der Waals surface area contributed by atoms with E-state index >= 15 is 0 Å². The number of fused-ring (bicyclic) bond motifs is 1. The molecule has 0 radical (unpaired) electrons. The number of amides is 1. The van der Waals surface area contributed by atoms with Crippen molar-refractivity contribution in [2.24, 2.45) is 18.5 Å². The van der Waals surface area contributed by atoms with Crippen LogP contribution < -0.4 is 32.1 Å². The fraction of sp³-hybridized carbons (Fsp3) is 0.269. The number of thiophene rings is 1. The smallest absolute Gasteiger partial charge is 0.326 e. The van der Waals surface area contributed by atoms with E-state index in [9.17, 15) is 23.1 Å². The topological polar surface area (TPSA) is 206 Å². The molecule has 2 aromatic heterocycles. The summed E-state index contributed by atoms with van der Waals surface area (Å²) in [5.74, 6) is -1.91. The molecule has 4 aromatic rings. The van der Waals surface area contributed by atoms with E-state index in [1.165, 1.54) is 18.2 Å². The third-order valence-corrected chi connectivity index (χ3v) is 8.48. The number of aryl methyl sites for hydroxylation is 1. The van der Waals surface area contributed by atoms with Crippen molar-refractivity contribution in [2.75, 3.05) is 16.6 Å². The molecule has 0 saturated heterocycles. The van der Waals surface area contributed by atoms with Crippen molar-refractivity contribution < 1.29 is 23.1 Å². The zero-order valence-corrected chi connectivity index (χ0v) is 23.8. The fourth-order valence-electron chi connectivity index (χ4n) is 4.20. The van der Waals surface area contributed by atoms with Crippen molar-refractivity contribution >= 4 is 55.5 Å². The maximum atomic E-state index is 13.2. The Kier molecular flexibility index (Phi) is 9.57. The molecule has 0 aliphatic heterocycles. The van der Waals surface area contributed by atoms with Crippen LogP contribution in [0, 0.1) is 0 Å². The number of carbonyl (C=O) groups is 2. The van der Waals surface area contributed by atoms with E-state index in [0.717, 1.165) is 27.9 Å². The van der Waals surface area contributed by atoms with Gasteiger partial charge in [0.25, 0.3) is 15.9 Å².